The topological polar surface area (TPSA) is 98.2 Å². The largest absolute Gasteiger partial charge is 0.399 e. The van der Waals surface area contributed by atoms with Gasteiger partial charge in [0.25, 0.3) is 10.0 Å². The molecule has 0 saturated heterocycles. The SMILES string of the molecule is Cc1noc(NS(=O)(=O)c2cc(N)ccc2Br)c1C. The van der Waals surface area contributed by atoms with Crippen LogP contribution in [0.25, 0.3) is 0 Å². The maximum absolute atomic E-state index is 12.3. The van der Waals surface area contributed by atoms with E-state index >= 15 is 0 Å². The molecule has 0 aliphatic carbocycles. The van der Waals surface area contributed by atoms with Gasteiger partial charge in [-0.3, -0.25) is 0 Å². The lowest BCUT2D eigenvalue weighted by atomic mass is 10.3. The van der Waals surface area contributed by atoms with Gasteiger partial charge in [-0.15, -0.1) is 0 Å². The number of nitrogens with two attached hydrogens (primary N) is 1. The zero-order valence-electron chi connectivity index (χ0n) is 10.3. The van der Waals surface area contributed by atoms with Crippen LogP contribution in [0, 0.1) is 13.8 Å². The highest BCUT2D eigenvalue weighted by molar-refractivity contribution is 9.10. The lowest BCUT2D eigenvalue weighted by Gasteiger charge is -2.08. The van der Waals surface area contributed by atoms with Gasteiger partial charge in [0, 0.05) is 15.7 Å². The molecule has 1 aromatic heterocycles. The molecule has 0 aliphatic rings. The van der Waals surface area contributed by atoms with Gasteiger partial charge in [-0.25, -0.2) is 13.1 Å². The number of rotatable bonds is 3. The Morgan fingerprint density at radius 1 is 1.37 bits per heavy atom. The molecule has 19 heavy (non-hydrogen) atoms. The minimum Gasteiger partial charge on any atom is -0.399 e. The molecule has 0 aliphatic heterocycles. The number of nitrogens with zero attached hydrogens (tertiary/aromatic N) is 1. The number of hydrogen-bond donors (Lipinski definition) is 2. The molecule has 2 aromatic rings. The van der Waals surface area contributed by atoms with Gasteiger partial charge in [-0.05, 0) is 48.0 Å². The summed E-state index contributed by atoms with van der Waals surface area (Å²) >= 11 is 3.18. The Hall–Kier alpha value is -1.54. The summed E-state index contributed by atoms with van der Waals surface area (Å²) in [5, 5.41) is 3.70. The van der Waals surface area contributed by atoms with Crippen LogP contribution >= 0.6 is 15.9 Å². The summed E-state index contributed by atoms with van der Waals surface area (Å²) in [6.45, 7) is 3.45. The molecule has 0 atom stereocenters. The number of nitrogens with one attached hydrogen (secondary N) is 1. The number of sulfonamides is 1. The van der Waals surface area contributed by atoms with Gasteiger partial charge in [0.15, 0.2) is 0 Å². The first-order chi connectivity index (χ1) is 8.81. The minimum absolute atomic E-state index is 0.0425. The van der Waals surface area contributed by atoms with Crippen LogP contribution in [0.15, 0.2) is 32.1 Å². The Balaban J connectivity index is 2.43. The van der Waals surface area contributed by atoms with Crippen LogP contribution < -0.4 is 10.5 Å². The van der Waals surface area contributed by atoms with Gasteiger partial charge in [0.1, 0.15) is 4.90 Å². The van der Waals surface area contributed by atoms with E-state index in [4.69, 9.17) is 10.3 Å². The lowest BCUT2D eigenvalue weighted by Crippen LogP contribution is -2.14. The van der Waals surface area contributed by atoms with Crippen molar-refractivity contribution < 1.29 is 12.9 Å². The van der Waals surface area contributed by atoms with E-state index in [0.29, 0.717) is 21.4 Å². The van der Waals surface area contributed by atoms with Crippen LogP contribution in [0.2, 0.25) is 0 Å². The zero-order chi connectivity index (χ0) is 14.2. The first-order valence-corrected chi connectivity index (χ1v) is 7.59. The number of aromatic nitrogens is 1. The molecule has 0 saturated carbocycles. The minimum atomic E-state index is -3.79. The smallest absolute Gasteiger partial charge is 0.265 e. The maximum atomic E-state index is 12.3. The first kappa shape index (κ1) is 13.9. The molecule has 8 heteroatoms. The molecule has 1 heterocycles. The van der Waals surface area contributed by atoms with Crippen molar-refractivity contribution in [3.8, 4) is 0 Å². The maximum Gasteiger partial charge on any atom is 0.265 e. The number of anilines is 2. The average molecular weight is 346 g/mol. The predicted molar refractivity (Wildman–Crippen MR) is 75.3 cm³/mol. The number of hydrogen-bond acceptors (Lipinski definition) is 5. The second-order valence-electron chi connectivity index (χ2n) is 4.02. The standard InChI is InChI=1S/C11H12BrN3O3S/c1-6-7(2)14-18-11(6)15-19(16,17)10-5-8(13)3-4-9(10)12/h3-5,15H,13H2,1-2H3. The van der Waals surface area contributed by atoms with Crippen LogP contribution in [0.1, 0.15) is 11.3 Å². The van der Waals surface area contributed by atoms with Crippen molar-refractivity contribution in [2.75, 3.05) is 10.5 Å². The Morgan fingerprint density at radius 2 is 2.05 bits per heavy atom. The van der Waals surface area contributed by atoms with Gasteiger partial charge in [0.2, 0.25) is 5.88 Å². The fraction of sp³-hybridized carbons (Fsp3) is 0.182. The van der Waals surface area contributed by atoms with Crippen molar-refractivity contribution in [1.82, 2.24) is 5.16 Å². The van der Waals surface area contributed by atoms with Crippen molar-refractivity contribution in [2.24, 2.45) is 0 Å². The molecule has 6 nitrogen and oxygen atoms in total. The van der Waals surface area contributed by atoms with Crippen molar-refractivity contribution in [2.45, 2.75) is 18.7 Å². The Labute approximate surface area is 119 Å². The summed E-state index contributed by atoms with van der Waals surface area (Å²) in [4.78, 5) is 0.0425. The molecule has 0 radical (unpaired) electrons. The number of halogens is 1. The quantitative estimate of drug-likeness (QED) is 0.832. The third-order valence-corrected chi connectivity index (χ3v) is 4.95. The predicted octanol–water partition coefficient (Wildman–Crippen LogP) is 2.44. The molecular weight excluding hydrogens is 334 g/mol. The summed E-state index contributed by atoms with van der Waals surface area (Å²) < 4.78 is 32.2. The fourth-order valence-electron chi connectivity index (χ4n) is 1.41. The van der Waals surface area contributed by atoms with E-state index in [1.807, 2.05) is 0 Å². The normalized spacial score (nSPS) is 11.5. The van der Waals surface area contributed by atoms with E-state index in [1.54, 1.807) is 26.0 Å². The van der Waals surface area contributed by atoms with Gasteiger partial charge in [-0.2, -0.15) is 0 Å². The molecule has 102 valence electrons. The summed E-state index contributed by atoms with van der Waals surface area (Å²) in [5.74, 6) is 0.104. The van der Waals surface area contributed by atoms with E-state index in [-0.39, 0.29) is 10.8 Å². The van der Waals surface area contributed by atoms with Crippen LogP contribution in [0.3, 0.4) is 0 Å². The Bertz CT molecular complexity index is 725. The Kier molecular flexibility index (Phi) is 3.55. The van der Waals surface area contributed by atoms with E-state index in [9.17, 15) is 8.42 Å². The molecule has 2 rings (SSSR count). The lowest BCUT2D eigenvalue weighted by molar-refractivity contribution is 0.430. The van der Waals surface area contributed by atoms with Crippen LogP contribution in [0.4, 0.5) is 11.6 Å². The van der Waals surface area contributed by atoms with Crippen LogP contribution in [0.5, 0.6) is 0 Å². The zero-order valence-corrected chi connectivity index (χ0v) is 12.7. The fourth-order valence-corrected chi connectivity index (χ4v) is 3.46. The summed E-state index contributed by atoms with van der Waals surface area (Å²) in [6.07, 6.45) is 0. The third kappa shape index (κ3) is 2.74. The van der Waals surface area contributed by atoms with Gasteiger partial charge < -0.3 is 10.3 Å². The van der Waals surface area contributed by atoms with Gasteiger partial charge in [-0.1, -0.05) is 5.16 Å². The molecule has 0 bridgehead atoms. The first-order valence-electron chi connectivity index (χ1n) is 5.32. The highest BCUT2D eigenvalue weighted by Crippen LogP contribution is 2.27. The highest BCUT2D eigenvalue weighted by Gasteiger charge is 2.21. The van der Waals surface area contributed by atoms with Crippen molar-refractivity contribution in [1.29, 1.82) is 0 Å². The van der Waals surface area contributed by atoms with Gasteiger partial charge >= 0.3 is 0 Å². The molecule has 0 spiro atoms. The van der Waals surface area contributed by atoms with E-state index < -0.39 is 10.0 Å². The Morgan fingerprint density at radius 3 is 2.63 bits per heavy atom. The number of aryl methyl sites for hydroxylation is 1. The molecular formula is C11H12BrN3O3S. The number of nitrogen functional groups attached to an aromatic ring is 1. The monoisotopic (exact) mass is 345 g/mol. The van der Waals surface area contributed by atoms with Crippen molar-refractivity contribution in [3.05, 3.63) is 33.9 Å². The summed E-state index contributed by atoms with van der Waals surface area (Å²) in [6, 6.07) is 4.54. The average Bonchev–Trinajstić information content (AvgIpc) is 2.63. The highest BCUT2D eigenvalue weighted by atomic mass is 79.9. The van der Waals surface area contributed by atoms with Crippen LogP contribution in [-0.4, -0.2) is 13.6 Å². The second-order valence-corrected chi connectivity index (χ2v) is 6.52. The van der Waals surface area contributed by atoms with E-state index in [2.05, 4.69) is 25.8 Å². The second kappa shape index (κ2) is 4.86. The van der Waals surface area contributed by atoms with Gasteiger partial charge in [0.05, 0.1) is 5.69 Å². The molecule has 0 amide bonds. The molecule has 0 unspecified atom stereocenters. The number of benzene rings is 1. The summed E-state index contributed by atoms with van der Waals surface area (Å²) in [7, 11) is -3.79. The molecule has 0 fully saturated rings. The van der Waals surface area contributed by atoms with Crippen molar-refractivity contribution in [3.63, 3.8) is 0 Å². The third-order valence-electron chi connectivity index (χ3n) is 2.63. The molecule has 1 aromatic carbocycles. The van der Waals surface area contributed by atoms with Crippen LogP contribution in [-0.2, 0) is 10.0 Å². The van der Waals surface area contributed by atoms with E-state index in [1.165, 1.54) is 6.07 Å². The van der Waals surface area contributed by atoms with E-state index in [0.717, 1.165) is 0 Å². The van der Waals surface area contributed by atoms with Crippen molar-refractivity contribution >= 4 is 37.5 Å². The summed E-state index contributed by atoms with van der Waals surface area (Å²) in [5.41, 5.74) is 7.23. The molecule has 3 N–H and O–H groups in total.